The summed E-state index contributed by atoms with van der Waals surface area (Å²) in [6.07, 6.45) is 2.36. The van der Waals surface area contributed by atoms with Crippen LogP contribution in [0.1, 0.15) is 6.42 Å². The minimum atomic E-state index is -0.273. The Balaban J connectivity index is 1.45. The predicted octanol–water partition coefficient (Wildman–Crippen LogP) is 2.83. The van der Waals surface area contributed by atoms with E-state index in [-0.39, 0.29) is 23.8 Å². The number of carbonyl (C=O) groups excluding carboxylic acids is 1. The first kappa shape index (κ1) is 18.1. The third-order valence-corrected chi connectivity index (χ3v) is 4.88. The van der Waals surface area contributed by atoms with E-state index in [1.54, 1.807) is 42.2 Å². The molecule has 0 aliphatic heterocycles. The number of fused-ring (bicyclic) bond motifs is 1. The van der Waals surface area contributed by atoms with Crippen molar-refractivity contribution in [3.63, 3.8) is 0 Å². The topological polar surface area (TPSA) is 64.0 Å². The van der Waals surface area contributed by atoms with Crippen molar-refractivity contribution in [1.82, 2.24) is 15.1 Å². The van der Waals surface area contributed by atoms with Gasteiger partial charge in [-0.05, 0) is 42.5 Å². The fourth-order valence-electron chi connectivity index (χ4n) is 2.45. The van der Waals surface area contributed by atoms with Gasteiger partial charge in [-0.2, -0.15) is 5.10 Å². The molecule has 0 radical (unpaired) electrons. The van der Waals surface area contributed by atoms with Crippen molar-refractivity contribution >= 4 is 28.4 Å². The molecule has 0 saturated carbocycles. The minimum absolute atomic E-state index is 0.102. The van der Waals surface area contributed by atoms with Crippen LogP contribution >= 0.6 is 11.8 Å². The van der Waals surface area contributed by atoms with Gasteiger partial charge < -0.3 is 5.32 Å². The van der Waals surface area contributed by atoms with Crippen LogP contribution in [0.15, 0.2) is 64.4 Å². The maximum absolute atomic E-state index is 12.8. The number of thioether (sulfide) groups is 1. The third-order valence-electron chi connectivity index (χ3n) is 3.78. The lowest BCUT2D eigenvalue weighted by molar-refractivity contribution is -0.121. The van der Waals surface area contributed by atoms with E-state index in [0.29, 0.717) is 11.9 Å². The normalized spacial score (nSPS) is 10.8. The van der Waals surface area contributed by atoms with Gasteiger partial charge in [-0.1, -0.05) is 18.2 Å². The predicted molar refractivity (Wildman–Crippen MR) is 101 cm³/mol. The summed E-state index contributed by atoms with van der Waals surface area (Å²) in [6, 6.07) is 13.5. The molecule has 0 atom stereocenters. The van der Waals surface area contributed by atoms with E-state index in [9.17, 15) is 14.0 Å². The van der Waals surface area contributed by atoms with Crippen LogP contribution in [0.3, 0.4) is 0 Å². The monoisotopic (exact) mass is 371 g/mol. The number of hydrogen-bond acceptors (Lipinski definition) is 4. The molecular formula is C19H18FN3O2S. The van der Waals surface area contributed by atoms with Crippen molar-refractivity contribution < 1.29 is 9.18 Å². The highest BCUT2D eigenvalue weighted by atomic mass is 32.2. The fraction of sp³-hybridized carbons (Fsp3) is 0.211. The van der Waals surface area contributed by atoms with Crippen molar-refractivity contribution in [1.29, 1.82) is 0 Å². The van der Waals surface area contributed by atoms with Crippen molar-refractivity contribution in [2.75, 3.05) is 12.3 Å². The highest BCUT2D eigenvalue weighted by Crippen LogP contribution is 2.18. The third kappa shape index (κ3) is 4.70. The molecular weight excluding hydrogens is 353 g/mol. The van der Waals surface area contributed by atoms with E-state index in [0.717, 1.165) is 22.5 Å². The lowest BCUT2D eigenvalue weighted by Gasteiger charge is -2.07. The van der Waals surface area contributed by atoms with Crippen LogP contribution in [0.25, 0.3) is 10.8 Å². The lowest BCUT2D eigenvalue weighted by Crippen LogP contribution is -2.34. The summed E-state index contributed by atoms with van der Waals surface area (Å²) in [5.41, 5.74) is -0.273. The average molecular weight is 371 g/mol. The van der Waals surface area contributed by atoms with Gasteiger partial charge >= 0.3 is 0 Å². The van der Waals surface area contributed by atoms with Crippen molar-refractivity contribution in [3.05, 3.63) is 70.9 Å². The molecule has 1 N–H and O–H groups in total. The number of halogens is 1. The van der Waals surface area contributed by atoms with Gasteiger partial charge in [0.25, 0.3) is 5.56 Å². The Hall–Kier alpha value is -2.67. The molecule has 1 amide bonds. The van der Waals surface area contributed by atoms with Gasteiger partial charge in [0.15, 0.2) is 0 Å². The van der Waals surface area contributed by atoms with Crippen molar-refractivity contribution in [2.45, 2.75) is 17.9 Å². The largest absolute Gasteiger partial charge is 0.354 e. The van der Waals surface area contributed by atoms with Crippen LogP contribution in [0.2, 0.25) is 0 Å². The summed E-state index contributed by atoms with van der Waals surface area (Å²) >= 11 is 1.60. The standard InChI is InChI=1S/C19H18FN3O2S/c20-15-6-8-16(9-7-15)26-11-3-10-21-18(24)13-23-19(25)17-5-2-1-4-14(17)12-22-23/h1-2,4-9,12H,3,10-11,13H2,(H,21,24). The van der Waals surface area contributed by atoms with Crippen LogP contribution in [0.5, 0.6) is 0 Å². The molecule has 5 nitrogen and oxygen atoms in total. The summed E-state index contributed by atoms with van der Waals surface area (Å²) in [4.78, 5) is 25.3. The molecule has 7 heteroatoms. The second kappa shape index (κ2) is 8.62. The molecule has 0 unspecified atom stereocenters. The van der Waals surface area contributed by atoms with E-state index in [4.69, 9.17) is 0 Å². The maximum Gasteiger partial charge on any atom is 0.275 e. The summed E-state index contributed by atoms with van der Waals surface area (Å²) in [7, 11) is 0. The molecule has 1 heterocycles. The SMILES string of the molecule is O=C(Cn1ncc2ccccc2c1=O)NCCCSc1ccc(F)cc1. The van der Waals surface area contributed by atoms with Gasteiger partial charge in [-0.3, -0.25) is 9.59 Å². The van der Waals surface area contributed by atoms with Gasteiger partial charge in [0.05, 0.1) is 11.6 Å². The lowest BCUT2D eigenvalue weighted by atomic mass is 10.2. The molecule has 3 aromatic rings. The number of hydrogen-bond donors (Lipinski definition) is 1. The van der Waals surface area contributed by atoms with E-state index in [1.165, 1.54) is 16.8 Å². The highest BCUT2D eigenvalue weighted by molar-refractivity contribution is 7.99. The molecule has 0 aliphatic carbocycles. The molecule has 134 valence electrons. The number of nitrogens with zero attached hydrogens (tertiary/aromatic N) is 2. The summed E-state index contributed by atoms with van der Waals surface area (Å²) in [5.74, 6) is 0.306. The molecule has 0 saturated heterocycles. The van der Waals surface area contributed by atoms with E-state index in [2.05, 4.69) is 10.4 Å². The fourth-order valence-corrected chi connectivity index (χ4v) is 3.31. The highest BCUT2D eigenvalue weighted by Gasteiger charge is 2.08. The summed E-state index contributed by atoms with van der Waals surface area (Å²) < 4.78 is 14.0. The second-order valence-electron chi connectivity index (χ2n) is 5.70. The van der Waals surface area contributed by atoms with Crippen molar-refractivity contribution in [3.8, 4) is 0 Å². The summed E-state index contributed by atoms with van der Waals surface area (Å²) in [6.45, 7) is 0.407. The molecule has 26 heavy (non-hydrogen) atoms. The van der Waals surface area contributed by atoms with Gasteiger partial charge in [0.2, 0.25) is 5.91 Å². The van der Waals surface area contributed by atoms with E-state index >= 15 is 0 Å². The van der Waals surface area contributed by atoms with Crippen LogP contribution in [0.4, 0.5) is 4.39 Å². The Kier molecular flexibility index (Phi) is 6.01. The maximum atomic E-state index is 12.8. The van der Waals surface area contributed by atoms with Crippen molar-refractivity contribution in [2.24, 2.45) is 0 Å². The zero-order valence-corrected chi connectivity index (χ0v) is 14.8. The first-order chi connectivity index (χ1) is 12.6. The Bertz CT molecular complexity index is 957. The zero-order valence-electron chi connectivity index (χ0n) is 14.0. The van der Waals surface area contributed by atoms with Crippen LogP contribution < -0.4 is 10.9 Å². The molecule has 3 rings (SSSR count). The van der Waals surface area contributed by atoms with Gasteiger partial charge in [-0.15, -0.1) is 11.8 Å². The Labute approximate surface area is 154 Å². The summed E-state index contributed by atoms with van der Waals surface area (Å²) in [5, 5.41) is 8.14. The number of nitrogens with one attached hydrogen (secondary N) is 1. The van der Waals surface area contributed by atoms with Crippen LogP contribution in [-0.4, -0.2) is 28.0 Å². The average Bonchev–Trinajstić information content (AvgIpc) is 2.65. The Morgan fingerprint density at radius 2 is 1.92 bits per heavy atom. The van der Waals surface area contributed by atoms with Gasteiger partial charge in [-0.25, -0.2) is 9.07 Å². The number of amides is 1. The number of aromatic nitrogens is 2. The first-order valence-corrected chi connectivity index (χ1v) is 9.22. The van der Waals surface area contributed by atoms with Crippen LogP contribution in [0, 0.1) is 5.82 Å². The van der Waals surface area contributed by atoms with Crippen LogP contribution in [-0.2, 0) is 11.3 Å². The Morgan fingerprint density at radius 1 is 1.15 bits per heavy atom. The molecule has 0 aliphatic rings. The molecule has 0 spiro atoms. The zero-order chi connectivity index (χ0) is 18.4. The molecule has 0 fully saturated rings. The number of carbonyl (C=O) groups is 1. The first-order valence-electron chi connectivity index (χ1n) is 8.23. The smallest absolute Gasteiger partial charge is 0.275 e. The quantitative estimate of drug-likeness (QED) is 0.512. The molecule has 2 aromatic carbocycles. The van der Waals surface area contributed by atoms with E-state index < -0.39 is 0 Å². The second-order valence-corrected chi connectivity index (χ2v) is 6.87. The number of rotatable bonds is 7. The minimum Gasteiger partial charge on any atom is -0.354 e. The van der Waals surface area contributed by atoms with Gasteiger partial charge in [0.1, 0.15) is 12.4 Å². The molecule has 0 bridgehead atoms. The van der Waals surface area contributed by atoms with Gasteiger partial charge in [0, 0.05) is 16.8 Å². The Morgan fingerprint density at radius 3 is 2.73 bits per heavy atom. The number of benzene rings is 2. The molecule has 1 aromatic heterocycles. The van der Waals surface area contributed by atoms with E-state index in [1.807, 2.05) is 12.1 Å².